The monoisotopic (exact) mass is 480 g/mol. The van der Waals surface area contributed by atoms with Crippen LogP contribution in [-0.2, 0) is 16.0 Å². The zero-order valence-electron chi connectivity index (χ0n) is 20.5. The smallest absolute Gasteiger partial charge is 0.162 e. The lowest BCUT2D eigenvalue weighted by atomic mass is 9.98. The summed E-state index contributed by atoms with van der Waals surface area (Å²) in [6.45, 7) is 0.0593. The number of ether oxygens (including phenoxy) is 1. The molecule has 1 aromatic heterocycles. The third-order valence-corrected chi connectivity index (χ3v) is 6.36. The van der Waals surface area contributed by atoms with Crippen LogP contribution in [0, 0.1) is 0 Å². The van der Waals surface area contributed by atoms with Crippen LogP contribution >= 0.6 is 0 Å². The SMILES string of the molecule is CON(CCCC/C=C\CCCCCCCCc1cccnc1)[C@@H]1O[C@H](CO)[C@@H](O)[C@H](O)[C@H]1O. The highest BCUT2D eigenvalue weighted by atomic mass is 16.7. The van der Waals surface area contributed by atoms with Gasteiger partial charge in [-0.1, -0.05) is 43.9 Å². The summed E-state index contributed by atoms with van der Waals surface area (Å²) in [5.41, 5.74) is 1.33. The number of unbranched alkanes of at least 4 members (excludes halogenated alkanes) is 8. The van der Waals surface area contributed by atoms with E-state index in [0.717, 1.165) is 32.1 Å². The van der Waals surface area contributed by atoms with E-state index in [9.17, 15) is 20.4 Å². The molecule has 1 saturated heterocycles. The largest absolute Gasteiger partial charge is 0.394 e. The van der Waals surface area contributed by atoms with Gasteiger partial charge in [0.15, 0.2) is 6.23 Å². The Kier molecular flexibility index (Phi) is 14.5. The van der Waals surface area contributed by atoms with E-state index in [1.807, 2.05) is 18.5 Å². The maximum Gasteiger partial charge on any atom is 0.162 e. The van der Waals surface area contributed by atoms with E-state index in [0.29, 0.717) is 6.54 Å². The standard InChI is InChI=1S/C26H44N2O6/c1-33-28(26-25(32)24(31)23(30)22(20-29)34-26)18-13-11-9-7-5-3-2-4-6-8-10-12-15-21-16-14-17-27-19-21/h5,7,14,16-17,19,22-26,29-32H,2-4,6,8-13,15,18,20H2,1H3/b7-5-/t22-,23-,24+,25-,26-/m1/s1. The van der Waals surface area contributed by atoms with Crippen molar-refractivity contribution in [2.45, 2.75) is 101 Å². The average Bonchev–Trinajstić information content (AvgIpc) is 2.86. The fraction of sp³-hybridized carbons (Fsp3) is 0.731. The van der Waals surface area contributed by atoms with Gasteiger partial charge in [0.25, 0.3) is 0 Å². The van der Waals surface area contributed by atoms with Gasteiger partial charge in [0.2, 0.25) is 0 Å². The normalized spacial score (nSPS) is 25.4. The van der Waals surface area contributed by atoms with Crippen LogP contribution < -0.4 is 0 Å². The number of aryl methyl sites for hydroxylation is 1. The van der Waals surface area contributed by atoms with Crippen LogP contribution in [-0.4, -0.2) is 81.4 Å². The lowest BCUT2D eigenvalue weighted by molar-refractivity contribution is -0.328. The molecule has 0 bridgehead atoms. The fourth-order valence-corrected chi connectivity index (χ4v) is 4.25. The Morgan fingerprint density at radius 2 is 1.62 bits per heavy atom. The summed E-state index contributed by atoms with van der Waals surface area (Å²) in [5, 5.41) is 40.9. The number of hydroxylamine groups is 2. The van der Waals surface area contributed by atoms with Gasteiger partial charge in [-0.3, -0.25) is 9.82 Å². The van der Waals surface area contributed by atoms with Gasteiger partial charge in [0.05, 0.1) is 13.7 Å². The van der Waals surface area contributed by atoms with E-state index in [4.69, 9.17) is 9.57 Å². The maximum absolute atomic E-state index is 10.2. The van der Waals surface area contributed by atoms with Gasteiger partial charge < -0.3 is 25.2 Å². The second kappa shape index (κ2) is 17.1. The van der Waals surface area contributed by atoms with Crippen molar-refractivity contribution in [1.29, 1.82) is 0 Å². The summed E-state index contributed by atoms with van der Waals surface area (Å²) in [5.74, 6) is 0. The molecule has 1 aliphatic heterocycles. The van der Waals surface area contributed by atoms with Gasteiger partial charge >= 0.3 is 0 Å². The van der Waals surface area contributed by atoms with Crippen LogP contribution in [0.2, 0.25) is 0 Å². The minimum atomic E-state index is -1.40. The van der Waals surface area contributed by atoms with Crippen LogP contribution in [0.3, 0.4) is 0 Å². The van der Waals surface area contributed by atoms with Crippen LogP contribution in [0.4, 0.5) is 0 Å². The molecular formula is C26H44N2O6. The molecule has 0 aromatic carbocycles. The zero-order chi connectivity index (χ0) is 24.6. The molecule has 8 nitrogen and oxygen atoms in total. The number of aliphatic hydroxyl groups excluding tert-OH is 4. The molecule has 2 rings (SSSR count). The summed E-state index contributed by atoms with van der Waals surface area (Å²) in [4.78, 5) is 9.48. The highest BCUT2D eigenvalue weighted by Gasteiger charge is 2.45. The molecule has 4 N–H and O–H groups in total. The zero-order valence-corrected chi connectivity index (χ0v) is 20.5. The number of hydrogen-bond donors (Lipinski definition) is 4. The molecule has 1 aliphatic rings. The molecule has 5 atom stereocenters. The molecule has 8 heteroatoms. The number of hydrogen-bond acceptors (Lipinski definition) is 8. The van der Waals surface area contributed by atoms with Crippen molar-refractivity contribution >= 4 is 0 Å². The Bertz CT molecular complexity index is 660. The van der Waals surface area contributed by atoms with Crippen molar-refractivity contribution in [2.75, 3.05) is 20.3 Å². The average molecular weight is 481 g/mol. The minimum absolute atomic E-state index is 0.448. The minimum Gasteiger partial charge on any atom is -0.394 e. The first-order valence-electron chi connectivity index (χ1n) is 12.7. The van der Waals surface area contributed by atoms with E-state index in [2.05, 4.69) is 23.2 Å². The summed E-state index contributed by atoms with van der Waals surface area (Å²) in [7, 11) is 1.47. The molecule has 194 valence electrons. The predicted molar refractivity (Wildman–Crippen MR) is 131 cm³/mol. The highest BCUT2D eigenvalue weighted by Crippen LogP contribution is 2.24. The van der Waals surface area contributed by atoms with Crippen molar-refractivity contribution in [2.24, 2.45) is 0 Å². The van der Waals surface area contributed by atoms with Gasteiger partial charge in [0.1, 0.15) is 24.4 Å². The molecule has 2 heterocycles. The second-order valence-corrected chi connectivity index (χ2v) is 9.03. The molecule has 1 aromatic rings. The number of rotatable bonds is 17. The molecule has 0 unspecified atom stereocenters. The molecule has 0 amide bonds. The van der Waals surface area contributed by atoms with E-state index < -0.39 is 37.3 Å². The first-order chi connectivity index (χ1) is 16.6. The van der Waals surface area contributed by atoms with Crippen LogP contribution in [0.1, 0.15) is 69.8 Å². The number of aliphatic hydroxyl groups is 4. The van der Waals surface area contributed by atoms with Crippen LogP contribution in [0.25, 0.3) is 0 Å². The van der Waals surface area contributed by atoms with E-state index in [-0.39, 0.29) is 0 Å². The number of pyridine rings is 1. The third kappa shape index (κ3) is 10.1. The van der Waals surface area contributed by atoms with Crippen molar-refractivity contribution in [1.82, 2.24) is 10.0 Å². The van der Waals surface area contributed by atoms with Crippen molar-refractivity contribution in [3.05, 3.63) is 42.2 Å². The Labute approximate surface area is 204 Å². The second-order valence-electron chi connectivity index (χ2n) is 9.03. The molecule has 0 spiro atoms. The lowest BCUT2D eigenvalue weighted by Gasteiger charge is -2.43. The number of aromatic nitrogens is 1. The molecule has 34 heavy (non-hydrogen) atoms. The first-order valence-corrected chi connectivity index (χ1v) is 12.7. The van der Waals surface area contributed by atoms with Crippen molar-refractivity contribution < 1.29 is 30.0 Å². The van der Waals surface area contributed by atoms with Gasteiger partial charge in [-0.15, -0.1) is 0 Å². The quantitative estimate of drug-likeness (QED) is 0.153. The van der Waals surface area contributed by atoms with E-state index in [1.165, 1.54) is 56.3 Å². The van der Waals surface area contributed by atoms with Gasteiger partial charge in [0, 0.05) is 18.9 Å². The fourth-order valence-electron chi connectivity index (χ4n) is 4.25. The Hall–Kier alpha value is -1.39. The topological polar surface area (TPSA) is 116 Å². The first kappa shape index (κ1) is 28.8. The van der Waals surface area contributed by atoms with E-state index in [1.54, 1.807) is 0 Å². The van der Waals surface area contributed by atoms with Crippen LogP contribution in [0.5, 0.6) is 0 Å². The van der Waals surface area contributed by atoms with Gasteiger partial charge in [-0.25, -0.2) is 0 Å². The predicted octanol–water partition coefficient (Wildman–Crippen LogP) is 2.74. The van der Waals surface area contributed by atoms with Crippen molar-refractivity contribution in [3.8, 4) is 0 Å². The summed E-state index contributed by atoms with van der Waals surface area (Å²) >= 11 is 0. The van der Waals surface area contributed by atoms with Gasteiger partial charge in [-0.05, 0) is 56.6 Å². The van der Waals surface area contributed by atoms with E-state index >= 15 is 0 Å². The summed E-state index contributed by atoms with van der Waals surface area (Å²) in [6, 6.07) is 4.15. The summed E-state index contributed by atoms with van der Waals surface area (Å²) < 4.78 is 5.54. The Morgan fingerprint density at radius 1 is 0.941 bits per heavy atom. The van der Waals surface area contributed by atoms with Crippen LogP contribution in [0.15, 0.2) is 36.7 Å². The lowest BCUT2D eigenvalue weighted by Crippen LogP contribution is -2.63. The Balaban J connectivity index is 1.47. The molecule has 0 saturated carbocycles. The molecule has 1 fully saturated rings. The molecular weight excluding hydrogens is 436 g/mol. The van der Waals surface area contributed by atoms with Gasteiger partial charge in [-0.2, -0.15) is 5.06 Å². The Morgan fingerprint density at radius 3 is 2.26 bits per heavy atom. The number of nitrogens with zero attached hydrogens (tertiary/aromatic N) is 2. The molecule has 0 radical (unpaired) electrons. The number of allylic oxidation sites excluding steroid dienone is 2. The highest BCUT2D eigenvalue weighted by molar-refractivity contribution is 5.08. The summed E-state index contributed by atoms with van der Waals surface area (Å²) in [6.07, 6.45) is 14.9. The third-order valence-electron chi connectivity index (χ3n) is 6.36. The van der Waals surface area contributed by atoms with Crippen molar-refractivity contribution in [3.63, 3.8) is 0 Å². The maximum atomic E-state index is 10.2. The molecule has 0 aliphatic carbocycles.